The molecule has 0 atom stereocenters. The molecule has 1 fully saturated rings. The molecular weight excluding hydrogens is 248 g/mol. The van der Waals surface area contributed by atoms with Crippen LogP contribution in [-0.4, -0.2) is 16.9 Å². The Hall–Kier alpha value is -1.90. The topological polar surface area (TPSA) is 42.0 Å². The summed E-state index contributed by atoms with van der Waals surface area (Å²) in [5, 5.41) is 4.11. The number of nitrogens with zero attached hydrogens (tertiary/aromatic N) is 1. The molecule has 3 heteroatoms. The summed E-state index contributed by atoms with van der Waals surface area (Å²) in [6.07, 6.45) is 6.32. The third kappa shape index (κ3) is 2.67. The van der Waals surface area contributed by atoms with E-state index >= 15 is 0 Å². The van der Waals surface area contributed by atoms with E-state index in [1.54, 1.807) is 6.20 Å². The van der Waals surface area contributed by atoms with Crippen LogP contribution in [0.1, 0.15) is 43.0 Å². The number of aromatic nitrogens is 1. The van der Waals surface area contributed by atoms with Crippen molar-refractivity contribution in [3.63, 3.8) is 0 Å². The maximum Gasteiger partial charge on any atom is 0.252 e. The molecule has 1 N–H and O–H groups in total. The van der Waals surface area contributed by atoms with Crippen LogP contribution in [-0.2, 0) is 0 Å². The molecular formula is C17H20N2O. The van der Waals surface area contributed by atoms with Crippen LogP contribution < -0.4 is 5.32 Å². The second-order valence-electron chi connectivity index (χ2n) is 5.81. The molecule has 1 saturated carbocycles. The predicted octanol–water partition coefficient (Wildman–Crippen LogP) is 3.54. The van der Waals surface area contributed by atoms with E-state index in [1.165, 1.54) is 12.8 Å². The fourth-order valence-corrected chi connectivity index (χ4v) is 2.96. The highest BCUT2D eigenvalue weighted by molar-refractivity contribution is 6.06. The molecule has 0 saturated heterocycles. The molecule has 1 heterocycles. The van der Waals surface area contributed by atoms with Gasteiger partial charge in [0.25, 0.3) is 5.91 Å². The summed E-state index contributed by atoms with van der Waals surface area (Å²) < 4.78 is 0. The largest absolute Gasteiger partial charge is 0.349 e. The molecule has 104 valence electrons. The Kier molecular flexibility index (Phi) is 3.68. The van der Waals surface area contributed by atoms with Crippen LogP contribution >= 0.6 is 0 Å². The Morgan fingerprint density at radius 3 is 2.70 bits per heavy atom. The van der Waals surface area contributed by atoms with Gasteiger partial charge >= 0.3 is 0 Å². The number of amides is 1. The van der Waals surface area contributed by atoms with Crippen LogP contribution in [0.25, 0.3) is 10.9 Å². The Bertz CT molecular complexity index is 610. The van der Waals surface area contributed by atoms with E-state index < -0.39 is 0 Å². The number of fused-ring (bicyclic) bond motifs is 1. The number of hydrogen-bond donors (Lipinski definition) is 1. The molecule has 1 aliphatic rings. The Morgan fingerprint density at radius 2 is 1.90 bits per heavy atom. The molecule has 1 amide bonds. The summed E-state index contributed by atoms with van der Waals surface area (Å²) in [4.78, 5) is 16.8. The third-order valence-corrected chi connectivity index (χ3v) is 4.24. The Labute approximate surface area is 119 Å². The molecule has 3 nitrogen and oxygen atoms in total. The van der Waals surface area contributed by atoms with Gasteiger partial charge in [0, 0.05) is 17.6 Å². The lowest BCUT2D eigenvalue weighted by atomic mass is 9.87. The van der Waals surface area contributed by atoms with Crippen LogP contribution in [0, 0.1) is 5.92 Å². The molecule has 3 rings (SSSR count). The number of carbonyl (C=O) groups is 1. The molecule has 0 spiro atoms. The van der Waals surface area contributed by atoms with Crippen LogP contribution in [0.3, 0.4) is 0 Å². The summed E-state index contributed by atoms with van der Waals surface area (Å²) in [5.41, 5.74) is 1.60. The minimum Gasteiger partial charge on any atom is -0.349 e. The minimum atomic E-state index is 0.0307. The van der Waals surface area contributed by atoms with Crippen LogP contribution in [0.15, 0.2) is 36.5 Å². The highest BCUT2D eigenvalue weighted by Crippen LogP contribution is 2.24. The number of nitrogens with one attached hydrogen (secondary N) is 1. The van der Waals surface area contributed by atoms with Crippen LogP contribution in [0.2, 0.25) is 0 Å². The van der Waals surface area contributed by atoms with Gasteiger partial charge in [-0.3, -0.25) is 9.78 Å². The van der Waals surface area contributed by atoms with Gasteiger partial charge in [-0.1, -0.05) is 25.1 Å². The lowest BCUT2D eigenvalue weighted by Crippen LogP contribution is -2.37. The summed E-state index contributed by atoms with van der Waals surface area (Å²) in [6, 6.07) is 9.92. The van der Waals surface area contributed by atoms with E-state index in [2.05, 4.69) is 17.2 Å². The quantitative estimate of drug-likeness (QED) is 0.905. The fraction of sp³-hybridized carbons (Fsp3) is 0.412. The number of benzene rings is 1. The molecule has 0 unspecified atom stereocenters. The van der Waals surface area contributed by atoms with Gasteiger partial charge in [0.1, 0.15) is 0 Å². The zero-order valence-corrected chi connectivity index (χ0v) is 11.8. The van der Waals surface area contributed by atoms with E-state index in [0.29, 0.717) is 6.04 Å². The first-order valence-electron chi connectivity index (χ1n) is 7.38. The normalized spacial score (nSPS) is 22.6. The van der Waals surface area contributed by atoms with Crippen LogP contribution in [0.5, 0.6) is 0 Å². The maximum atomic E-state index is 12.5. The number of para-hydroxylation sites is 1. The van der Waals surface area contributed by atoms with E-state index in [-0.39, 0.29) is 5.91 Å². The number of rotatable bonds is 2. The highest BCUT2D eigenvalue weighted by atomic mass is 16.1. The van der Waals surface area contributed by atoms with Gasteiger partial charge < -0.3 is 5.32 Å². The summed E-state index contributed by atoms with van der Waals surface area (Å²) in [7, 11) is 0. The molecule has 1 aliphatic carbocycles. The average Bonchev–Trinajstić information content (AvgIpc) is 2.49. The molecule has 0 bridgehead atoms. The fourth-order valence-electron chi connectivity index (χ4n) is 2.96. The highest BCUT2D eigenvalue weighted by Gasteiger charge is 2.21. The summed E-state index contributed by atoms with van der Waals surface area (Å²) in [5.74, 6) is 0.827. The smallest absolute Gasteiger partial charge is 0.252 e. The zero-order chi connectivity index (χ0) is 13.9. The minimum absolute atomic E-state index is 0.0307. The van der Waals surface area contributed by atoms with Gasteiger partial charge in [0.2, 0.25) is 0 Å². The van der Waals surface area contributed by atoms with E-state index in [0.717, 1.165) is 35.2 Å². The maximum absolute atomic E-state index is 12.5. The van der Waals surface area contributed by atoms with Gasteiger partial charge in [-0.25, -0.2) is 0 Å². The molecule has 2 aromatic rings. The van der Waals surface area contributed by atoms with Crippen molar-refractivity contribution in [2.75, 3.05) is 0 Å². The second-order valence-corrected chi connectivity index (χ2v) is 5.81. The number of carbonyl (C=O) groups excluding carboxylic acids is 1. The third-order valence-electron chi connectivity index (χ3n) is 4.24. The molecule has 0 radical (unpaired) electrons. The average molecular weight is 268 g/mol. The standard InChI is InChI=1S/C17H20N2O/c1-12-6-8-13(9-7-12)19-17(20)15-10-11-18-16-5-3-2-4-14(15)16/h2-5,10-13H,6-9H2,1H3,(H,19,20). The second kappa shape index (κ2) is 5.61. The molecule has 1 aromatic heterocycles. The van der Waals surface area contributed by atoms with Crippen molar-refractivity contribution in [3.05, 3.63) is 42.1 Å². The lowest BCUT2D eigenvalue weighted by Gasteiger charge is -2.27. The summed E-state index contributed by atoms with van der Waals surface area (Å²) in [6.45, 7) is 2.29. The van der Waals surface area contributed by atoms with Crippen LogP contribution in [0.4, 0.5) is 0 Å². The number of hydrogen-bond acceptors (Lipinski definition) is 2. The van der Waals surface area contributed by atoms with Crippen molar-refractivity contribution in [3.8, 4) is 0 Å². The first-order valence-corrected chi connectivity index (χ1v) is 7.38. The van der Waals surface area contributed by atoms with Crippen molar-refractivity contribution in [1.82, 2.24) is 10.3 Å². The van der Waals surface area contributed by atoms with Gasteiger partial charge in [-0.2, -0.15) is 0 Å². The van der Waals surface area contributed by atoms with Gasteiger partial charge in [0.05, 0.1) is 11.1 Å². The molecule has 20 heavy (non-hydrogen) atoms. The van der Waals surface area contributed by atoms with Crippen molar-refractivity contribution >= 4 is 16.8 Å². The summed E-state index contributed by atoms with van der Waals surface area (Å²) >= 11 is 0. The zero-order valence-electron chi connectivity index (χ0n) is 11.8. The van der Waals surface area contributed by atoms with Gasteiger partial charge in [-0.05, 0) is 43.7 Å². The molecule has 1 aromatic carbocycles. The van der Waals surface area contributed by atoms with Crippen molar-refractivity contribution in [2.24, 2.45) is 5.92 Å². The van der Waals surface area contributed by atoms with E-state index in [1.807, 2.05) is 30.3 Å². The SMILES string of the molecule is CC1CCC(NC(=O)c2ccnc3ccccc23)CC1. The first kappa shape index (κ1) is 13.1. The lowest BCUT2D eigenvalue weighted by molar-refractivity contribution is 0.0924. The van der Waals surface area contributed by atoms with Crippen molar-refractivity contribution in [1.29, 1.82) is 0 Å². The first-order chi connectivity index (χ1) is 9.74. The van der Waals surface area contributed by atoms with Crippen molar-refractivity contribution < 1.29 is 4.79 Å². The van der Waals surface area contributed by atoms with E-state index in [9.17, 15) is 4.79 Å². The van der Waals surface area contributed by atoms with Crippen molar-refractivity contribution in [2.45, 2.75) is 38.6 Å². The Morgan fingerprint density at radius 1 is 1.15 bits per heavy atom. The predicted molar refractivity (Wildman–Crippen MR) is 80.6 cm³/mol. The molecule has 0 aliphatic heterocycles. The monoisotopic (exact) mass is 268 g/mol. The Balaban J connectivity index is 1.79. The van der Waals surface area contributed by atoms with Gasteiger partial charge in [-0.15, -0.1) is 0 Å². The van der Waals surface area contributed by atoms with E-state index in [4.69, 9.17) is 0 Å². The van der Waals surface area contributed by atoms with Gasteiger partial charge in [0.15, 0.2) is 0 Å². The number of pyridine rings is 1.